The predicted octanol–water partition coefficient (Wildman–Crippen LogP) is 1.85. The van der Waals surface area contributed by atoms with Gasteiger partial charge in [-0.2, -0.15) is 0 Å². The van der Waals surface area contributed by atoms with Gasteiger partial charge < -0.3 is 16.0 Å². The number of carbonyl (C=O) groups excluding carboxylic acids is 1. The fraction of sp³-hybridized carbons (Fsp3) is 0.412. The van der Waals surface area contributed by atoms with Crippen molar-refractivity contribution in [2.45, 2.75) is 31.2 Å². The number of likely N-dealkylation sites (tertiary alicyclic amines) is 1. The van der Waals surface area contributed by atoms with Crippen molar-refractivity contribution in [1.29, 1.82) is 0 Å². The second kappa shape index (κ2) is 7.80. The van der Waals surface area contributed by atoms with Crippen LogP contribution in [0, 0.1) is 0 Å². The van der Waals surface area contributed by atoms with Crippen LogP contribution >= 0.6 is 11.6 Å². The van der Waals surface area contributed by atoms with Gasteiger partial charge in [-0.3, -0.25) is 14.5 Å². The summed E-state index contributed by atoms with van der Waals surface area (Å²) >= 11 is 5.76. The van der Waals surface area contributed by atoms with Crippen LogP contribution < -0.4 is 16.6 Å². The van der Waals surface area contributed by atoms with Gasteiger partial charge in [-0.15, -0.1) is 0 Å². The van der Waals surface area contributed by atoms with Crippen molar-refractivity contribution in [1.82, 2.24) is 19.9 Å². The lowest BCUT2D eigenvalue weighted by molar-refractivity contribution is -0.125. The summed E-state index contributed by atoms with van der Waals surface area (Å²) in [4.78, 5) is 35.6. The molecule has 8 nitrogen and oxygen atoms in total. The Morgan fingerprint density at radius 3 is 2.89 bits per heavy atom. The number of carbonyl (C=O) groups is 1. The Bertz CT molecular complexity index is 921. The smallest absolute Gasteiger partial charge is 0.290 e. The fourth-order valence-electron chi connectivity index (χ4n) is 3.05. The number of nitrogen functional groups attached to an aromatic ring is 1. The number of H-pyrrole nitrogens is 1. The molecule has 2 aromatic heterocycles. The fourth-order valence-corrected chi connectivity index (χ4v) is 3.16. The highest BCUT2D eigenvalue weighted by molar-refractivity contribution is 6.30. The minimum atomic E-state index is -3.04. The zero-order valence-corrected chi connectivity index (χ0v) is 15.7. The van der Waals surface area contributed by atoms with Gasteiger partial charge in [0.1, 0.15) is 5.82 Å². The van der Waals surface area contributed by atoms with Crippen molar-refractivity contribution >= 4 is 29.1 Å². The topological polar surface area (TPSA) is 117 Å². The molecular formula is C17H19ClF2N6O2. The van der Waals surface area contributed by atoms with Crippen LogP contribution in [0.2, 0.25) is 5.02 Å². The van der Waals surface area contributed by atoms with E-state index < -0.39 is 29.9 Å². The van der Waals surface area contributed by atoms with E-state index in [1.54, 1.807) is 24.0 Å². The van der Waals surface area contributed by atoms with Crippen molar-refractivity contribution < 1.29 is 13.6 Å². The molecule has 28 heavy (non-hydrogen) atoms. The number of anilines is 2. The summed E-state index contributed by atoms with van der Waals surface area (Å²) in [6.45, 7) is 1.54. The van der Waals surface area contributed by atoms with E-state index in [1.807, 2.05) is 0 Å². The first-order chi connectivity index (χ1) is 13.2. The standard InChI is InChI=1S/C17H19ClF2N6O2/c1-9(15(27)25-13-3-2-10(18)6-22-13)26-5-4-17(19,20)11(8-26)12-7-23-16(28)14(21)24-12/h2-3,6-7,9,11H,4-5,8H2,1H3,(H2,21,24)(H,23,28)(H,22,25,27)/t9?,11-/m1/s1. The van der Waals surface area contributed by atoms with E-state index in [0.717, 1.165) is 6.20 Å². The van der Waals surface area contributed by atoms with Gasteiger partial charge in [0.25, 0.3) is 11.5 Å². The third kappa shape index (κ3) is 4.28. The number of hydrogen-bond acceptors (Lipinski definition) is 6. The number of halogens is 3. The maximum Gasteiger partial charge on any atom is 0.290 e. The average Bonchev–Trinajstić information content (AvgIpc) is 2.65. The van der Waals surface area contributed by atoms with E-state index in [-0.39, 0.29) is 30.5 Å². The molecule has 1 amide bonds. The molecule has 1 unspecified atom stereocenters. The number of piperidine rings is 1. The molecule has 0 spiro atoms. The number of alkyl halides is 2. The molecule has 1 saturated heterocycles. The second-order valence-corrected chi connectivity index (χ2v) is 7.06. The first-order valence-corrected chi connectivity index (χ1v) is 8.94. The Hall–Kier alpha value is -2.59. The first-order valence-electron chi connectivity index (χ1n) is 8.57. The normalized spacial score (nSPS) is 20.5. The lowest BCUT2D eigenvalue weighted by atomic mass is 9.90. The minimum absolute atomic E-state index is 0.0150. The Kier molecular flexibility index (Phi) is 5.61. The van der Waals surface area contributed by atoms with Crippen molar-refractivity contribution in [2.24, 2.45) is 0 Å². The minimum Gasteiger partial charge on any atom is -0.379 e. The van der Waals surface area contributed by atoms with Crippen molar-refractivity contribution in [3.8, 4) is 0 Å². The van der Waals surface area contributed by atoms with E-state index in [1.165, 1.54) is 6.20 Å². The Morgan fingerprint density at radius 1 is 1.50 bits per heavy atom. The molecular weight excluding hydrogens is 394 g/mol. The third-order valence-electron chi connectivity index (χ3n) is 4.76. The molecule has 150 valence electrons. The van der Waals surface area contributed by atoms with Crippen molar-refractivity contribution in [3.05, 3.63) is 45.6 Å². The van der Waals surface area contributed by atoms with Crippen LogP contribution in [0.4, 0.5) is 20.4 Å². The van der Waals surface area contributed by atoms with Gasteiger partial charge in [0.2, 0.25) is 5.91 Å². The molecule has 4 N–H and O–H groups in total. The maximum atomic E-state index is 14.5. The number of nitrogens with zero attached hydrogens (tertiary/aromatic N) is 3. The van der Waals surface area contributed by atoms with Gasteiger partial charge in [-0.1, -0.05) is 11.6 Å². The number of hydrogen-bond donors (Lipinski definition) is 3. The van der Waals surface area contributed by atoms with E-state index in [4.69, 9.17) is 17.3 Å². The number of aromatic amines is 1. The molecule has 0 saturated carbocycles. The van der Waals surface area contributed by atoms with Gasteiger partial charge in [0.15, 0.2) is 5.82 Å². The summed E-state index contributed by atoms with van der Waals surface area (Å²) < 4.78 is 29.0. The lowest BCUT2D eigenvalue weighted by Gasteiger charge is -2.40. The second-order valence-electron chi connectivity index (χ2n) is 6.63. The number of aromatic nitrogens is 3. The van der Waals surface area contributed by atoms with Crippen molar-refractivity contribution in [2.75, 3.05) is 24.1 Å². The number of rotatable bonds is 4. The van der Waals surface area contributed by atoms with Crippen LogP contribution in [0.5, 0.6) is 0 Å². The third-order valence-corrected chi connectivity index (χ3v) is 4.98. The molecule has 0 radical (unpaired) electrons. The number of nitrogens with two attached hydrogens (primary N) is 1. The van der Waals surface area contributed by atoms with E-state index in [2.05, 4.69) is 20.3 Å². The summed E-state index contributed by atoms with van der Waals surface area (Å²) in [5.74, 6) is -4.78. The van der Waals surface area contributed by atoms with Gasteiger partial charge >= 0.3 is 0 Å². The number of amides is 1. The van der Waals surface area contributed by atoms with E-state index in [0.29, 0.717) is 10.8 Å². The molecule has 3 rings (SSSR count). The van der Waals surface area contributed by atoms with Crippen LogP contribution in [0.15, 0.2) is 29.3 Å². The number of pyridine rings is 1. The maximum absolute atomic E-state index is 14.5. The summed E-state index contributed by atoms with van der Waals surface area (Å²) in [5, 5.41) is 3.07. The summed E-state index contributed by atoms with van der Waals surface area (Å²) in [6.07, 6.45) is 2.09. The molecule has 11 heteroatoms. The van der Waals surface area contributed by atoms with E-state index >= 15 is 0 Å². The molecule has 0 aliphatic carbocycles. The number of nitrogens with one attached hydrogen (secondary N) is 2. The lowest BCUT2D eigenvalue weighted by Crippen LogP contribution is -2.52. The van der Waals surface area contributed by atoms with Gasteiger partial charge in [-0.05, 0) is 19.1 Å². The van der Waals surface area contributed by atoms with Gasteiger partial charge in [0, 0.05) is 31.9 Å². The van der Waals surface area contributed by atoms with Crippen molar-refractivity contribution in [3.63, 3.8) is 0 Å². The van der Waals surface area contributed by atoms with Gasteiger partial charge in [-0.25, -0.2) is 18.7 Å². The highest BCUT2D eigenvalue weighted by Crippen LogP contribution is 2.40. The SMILES string of the molecule is CC(C(=O)Nc1ccc(Cl)cn1)N1CCC(F)(F)[C@@H](c2c[nH]c(=O)c(N)n2)C1. The highest BCUT2D eigenvalue weighted by atomic mass is 35.5. The first kappa shape index (κ1) is 20.2. The van der Waals surface area contributed by atoms with Crippen LogP contribution in [-0.4, -0.2) is 50.8 Å². The molecule has 1 fully saturated rings. The predicted molar refractivity (Wildman–Crippen MR) is 100 cm³/mol. The zero-order valence-electron chi connectivity index (χ0n) is 15.0. The molecule has 2 atom stereocenters. The summed E-state index contributed by atoms with van der Waals surface area (Å²) in [7, 11) is 0. The summed E-state index contributed by atoms with van der Waals surface area (Å²) in [6, 6.07) is 2.45. The van der Waals surface area contributed by atoms with Crippen LogP contribution in [0.1, 0.15) is 25.0 Å². The quantitative estimate of drug-likeness (QED) is 0.705. The van der Waals surface area contributed by atoms with E-state index in [9.17, 15) is 18.4 Å². The van der Waals surface area contributed by atoms with Crippen LogP contribution in [0.25, 0.3) is 0 Å². The molecule has 0 aromatic carbocycles. The largest absolute Gasteiger partial charge is 0.379 e. The molecule has 3 heterocycles. The highest BCUT2D eigenvalue weighted by Gasteiger charge is 2.47. The average molecular weight is 413 g/mol. The summed E-state index contributed by atoms with van der Waals surface area (Å²) in [5.41, 5.74) is 4.81. The molecule has 2 aromatic rings. The monoisotopic (exact) mass is 412 g/mol. The van der Waals surface area contributed by atoms with Crippen LogP contribution in [0.3, 0.4) is 0 Å². The Labute approximate surface area is 164 Å². The van der Waals surface area contributed by atoms with Crippen LogP contribution in [-0.2, 0) is 4.79 Å². The molecule has 1 aliphatic rings. The Morgan fingerprint density at radius 2 is 2.25 bits per heavy atom. The zero-order chi connectivity index (χ0) is 20.5. The van der Waals surface area contributed by atoms with Gasteiger partial charge in [0.05, 0.1) is 22.7 Å². The Balaban J connectivity index is 1.75. The molecule has 1 aliphatic heterocycles. The molecule has 0 bridgehead atoms.